The van der Waals surface area contributed by atoms with Crippen molar-refractivity contribution in [3.63, 3.8) is 0 Å². The molecule has 1 aliphatic carbocycles. The van der Waals surface area contributed by atoms with Crippen LogP contribution in [0.4, 0.5) is 4.39 Å². The first-order valence-electron chi connectivity index (χ1n) is 6.73. The summed E-state index contributed by atoms with van der Waals surface area (Å²) in [4.78, 5) is 13.5. The van der Waals surface area contributed by atoms with Crippen molar-refractivity contribution in [2.75, 3.05) is 6.54 Å². The Morgan fingerprint density at radius 1 is 1.47 bits per heavy atom. The predicted molar refractivity (Wildman–Crippen MR) is 71.6 cm³/mol. The number of nitrogens with zero attached hydrogens (tertiary/aromatic N) is 1. The summed E-state index contributed by atoms with van der Waals surface area (Å²) in [7, 11) is 0. The molecule has 104 valence electrons. The van der Waals surface area contributed by atoms with Gasteiger partial charge in [-0.15, -0.1) is 0 Å². The van der Waals surface area contributed by atoms with E-state index in [-0.39, 0.29) is 11.4 Å². The quantitative estimate of drug-likeness (QED) is 0.859. The standard InChI is InChI=1S/C15H20FNO2/c1-10(2)8-17(13-4-5-13)9-11-7-12(16)3-6-14(11)15(18)19/h3,6-7,10,13H,4-5,8-9H2,1-2H3,(H,18,19). The summed E-state index contributed by atoms with van der Waals surface area (Å²) in [6.45, 7) is 5.71. The van der Waals surface area contributed by atoms with Gasteiger partial charge in [-0.1, -0.05) is 13.8 Å². The molecule has 19 heavy (non-hydrogen) atoms. The molecule has 0 saturated heterocycles. The van der Waals surface area contributed by atoms with Gasteiger partial charge >= 0.3 is 5.97 Å². The zero-order chi connectivity index (χ0) is 14.0. The fourth-order valence-corrected chi connectivity index (χ4v) is 2.37. The Balaban J connectivity index is 2.19. The van der Waals surface area contributed by atoms with E-state index in [1.165, 1.54) is 18.2 Å². The first kappa shape index (κ1) is 14.0. The van der Waals surface area contributed by atoms with Crippen LogP contribution in [0.15, 0.2) is 18.2 Å². The molecule has 4 heteroatoms. The second-order valence-corrected chi connectivity index (χ2v) is 5.66. The van der Waals surface area contributed by atoms with Crippen LogP contribution < -0.4 is 0 Å². The van der Waals surface area contributed by atoms with E-state index in [4.69, 9.17) is 5.11 Å². The molecule has 0 radical (unpaired) electrons. The highest BCUT2D eigenvalue weighted by Gasteiger charge is 2.30. The lowest BCUT2D eigenvalue weighted by atomic mass is 10.1. The molecule has 1 aromatic carbocycles. The highest BCUT2D eigenvalue weighted by molar-refractivity contribution is 5.89. The number of hydrogen-bond donors (Lipinski definition) is 1. The molecule has 0 atom stereocenters. The number of carboxylic acids is 1. The Bertz CT molecular complexity index is 469. The van der Waals surface area contributed by atoms with Gasteiger partial charge in [0.2, 0.25) is 0 Å². The summed E-state index contributed by atoms with van der Waals surface area (Å²) in [6.07, 6.45) is 2.31. The van der Waals surface area contributed by atoms with E-state index >= 15 is 0 Å². The molecule has 1 fully saturated rings. The first-order valence-corrected chi connectivity index (χ1v) is 6.73. The summed E-state index contributed by atoms with van der Waals surface area (Å²) >= 11 is 0. The van der Waals surface area contributed by atoms with Crippen LogP contribution in [-0.2, 0) is 6.54 Å². The molecule has 1 N–H and O–H groups in total. The molecule has 1 saturated carbocycles. The summed E-state index contributed by atoms with van der Waals surface area (Å²) in [5, 5.41) is 9.16. The summed E-state index contributed by atoms with van der Waals surface area (Å²) in [5.74, 6) is -0.849. The molecule has 1 aliphatic rings. The minimum Gasteiger partial charge on any atom is -0.478 e. The van der Waals surface area contributed by atoms with E-state index in [9.17, 15) is 9.18 Å². The van der Waals surface area contributed by atoms with Crippen molar-refractivity contribution in [3.05, 3.63) is 35.1 Å². The Kier molecular flexibility index (Phi) is 4.20. The Morgan fingerprint density at radius 3 is 2.68 bits per heavy atom. The molecule has 0 bridgehead atoms. The highest BCUT2D eigenvalue weighted by Crippen LogP contribution is 2.29. The summed E-state index contributed by atoms with van der Waals surface area (Å²) in [6, 6.07) is 4.44. The van der Waals surface area contributed by atoms with Crippen LogP contribution in [0.5, 0.6) is 0 Å². The van der Waals surface area contributed by atoms with Crippen LogP contribution in [-0.4, -0.2) is 28.6 Å². The van der Waals surface area contributed by atoms with Crippen molar-refractivity contribution in [1.82, 2.24) is 4.90 Å². The minimum atomic E-state index is -0.990. The maximum absolute atomic E-state index is 13.3. The monoisotopic (exact) mass is 265 g/mol. The highest BCUT2D eigenvalue weighted by atomic mass is 19.1. The molecule has 2 rings (SSSR count). The fraction of sp³-hybridized carbons (Fsp3) is 0.533. The molecule has 0 amide bonds. The average molecular weight is 265 g/mol. The van der Waals surface area contributed by atoms with Gasteiger partial charge in [-0.25, -0.2) is 9.18 Å². The topological polar surface area (TPSA) is 40.5 Å². The Hall–Kier alpha value is -1.42. The number of rotatable bonds is 6. The smallest absolute Gasteiger partial charge is 0.336 e. The molecule has 0 aromatic heterocycles. The van der Waals surface area contributed by atoms with Crippen molar-refractivity contribution in [2.24, 2.45) is 5.92 Å². The minimum absolute atomic E-state index is 0.204. The number of carboxylic acid groups (broad SMARTS) is 1. The largest absolute Gasteiger partial charge is 0.478 e. The lowest BCUT2D eigenvalue weighted by Crippen LogP contribution is -2.30. The van der Waals surface area contributed by atoms with Crippen molar-refractivity contribution >= 4 is 5.97 Å². The third-order valence-corrected chi connectivity index (χ3v) is 3.33. The van der Waals surface area contributed by atoms with Crippen molar-refractivity contribution in [2.45, 2.75) is 39.3 Å². The van der Waals surface area contributed by atoms with Gasteiger partial charge in [0.25, 0.3) is 0 Å². The maximum atomic E-state index is 13.3. The van der Waals surface area contributed by atoms with Gasteiger partial charge in [-0.05, 0) is 42.5 Å². The average Bonchev–Trinajstić information content (AvgIpc) is 3.10. The summed E-state index contributed by atoms with van der Waals surface area (Å²) < 4.78 is 13.3. The van der Waals surface area contributed by atoms with E-state index < -0.39 is 5.97 Å². The third-order valence-electron chi connectivity index (χ3n) is 3.33. The van der Waals surface area contributed by atoms with Gasteiger partial charge in [0.05, 0.1) is 5.56 Å². The second kappa shape index (κ2) is 5.70. The SMILES string of the molecule is CC(C)CN(Cc1cc(F)ccc1C(=O)O)C1CC1. The van der Waals surface area contributed by atoms with Gasteiger partial charge in [-0.3, -0.25) is 4.90 Å². The third kappa shape index (κ3) is 3.77. The maximum Gasteiger partial charge on any atom is 0.336 e. The molecule has 0 spiro atoms. The predicted octanol–water partition coefficient (Wildman–Crippen LogP) is 3.14. The van der Waals surface area contributed by atoms with Crippen molar-refractivity contribution in [1.29, 1.82) is 0 Å². The molecular weight excluding hydrogens is 245 g/mol. The number of benzene rings is 1. The Labute approximate surface area is 113 Å². The van der Waals surface area contributed by atoms with Gasteiger partial charge in [-0.2, -0.15) is 0 Å². The van der Waals surface area contributed by atoms with Crippen molar-refractivity contribution in [3.8, 4) is 0 Å². The molecule has 0 heterocycles. The molecule has 1 aromatic rings. The molecule has 0 aliphatic heterocycles. The van der Waals surface area contributed by atoms with Gasteiger partial charge in [0.15, 0.2) is 0 Å². The number of halogens is 1. The number of hydrogen-bond acceptors (Lipinski definition) is 2. The lowest BCUT2D eigenvalue weighted by Gasteiger charge is -2.24. The zero-order valence-electron chi connectivity index (χ0n) is 11.4. The first-order chi connectivity index (χ1) is 8.97. The van der Waals surface area contributed by atoms with Crippen molar-refractivity contribution < 1.29 is 14.3 Å². The van der Waals surface area contributed by atoms with Gasteiger partial charge < -0.3 is 5.11 Å². The van der Waals surface area contributed by atoms with Crippen LogP contribution in [0.3, 0.4) is 0 Å². The summed E-state index contributed by atoms with van der Waals surface area (Å²) in [5.41, 5.74) is 0.774. The van der Waals surface area contributed by atoms with E-state index in [2.05, 4.69) is 18.7 Å². The Morgan fingerprint density at radius 2 is 2.16 bits per heavy atom. The van der Waals surface area contributed by atoms with E-state index in [0.717, 1.165) is 19.4 Å². The van der Waals surface area contributed by atoms with Gasteiger partial charge in [0, 0.05) is 19.1 Å². The van der Waals surface area contributed by atoms with Crippen LogP contribution in [0.2, 0.25) is 0 Å². The van der Waals surface area contributed by atoms with Gasteiger partial charge in [0.1, 0.15) is 5.82 Å². The number of carbonyl (C=O) groups is 1. The fourth-order valence-electron chi connectivity index (χ4n) is 2.37. The lowest BCUT2D eigenvalue weighted by molar-refractivity contribution is 0.0694. The normalized spacial score (nSPS) is 15.2. The number of aromatic carboxylic acids is 1. The van der Waals surface area contributed by atoms with E-state index in [1.807, 2.05) is 0 Å². The van der Waals surface area contributed by atoms with Crippen LogP contribution in [0, 0.1) is 11.7 Å². The van der Waals surface area contributed by atoms with E-state index in [0.29, 0.717) is 24.1 Å². The molecule has 3 nitrogen and oxygen atoms in total. The molecule has 0 unspecified atom stereocenters. The van der Waals surface area contributed by atoms with E-state index in [1.54, 1.807) is 0 Å². The van der Waals surface area contributed by atoms with Crippen LogP contribution in [0.1, 0.15) is 42.6 Å². The van der Waals surface area contributed by atoms with Crippen LogP contribution in [0.25, 0.3) is 0 Å². The zero-order valence-corrected chi connectivity index (χ0v) is 11.4. The molecular formula is C15H20FNO2. The second-order valence-electron chi connectivity index (χ2n) is 5.66. The van der Waals surface area contributed by atoms with Crippen LogP contribution >= 0.6 is 0 Å².